The van der Waals surface area contributed by atoms with E-state index in [9.17, 15) is 0 Å². The Morgan fingerprint density at radius 3 is 3.06 bits per heavy atom. The highest BCUT2D eigenvalue weighted by Crippen LogP contribution is 2.09. The number of hydrogen-bond acceptors (Lipinski definition) is 2. The molecule has 1 aliphatic rings. The molecular weight excluding hydrogens is 248 g/mol. The lowest BCUT2D eigenvalue weighted by atomic mass is 10.0. The highest BCUT2D eigenvalue weighted by atomic mass is 35.5. The summed E-state index contributed by atoms with van der Waals surface area (Å²) in [7, 11) is 0. The number of piperidine rings is 1. The van der Waals surface area contributed by atoms with E-state index in [4.69, 9.17) is 0 Å². The van der Waals surface area contributed by atoms with E-state index in [2.05, 4.69) is 29.4 Å². The predicted octanol–water partition coefficient (Wildman–Crippen LogP) is -2.29. The molecule has 0 spiro atoms. The number of benzene rings is 1. The van der Waals surface area contributed by atoms with Crippen LogP contribution in [0.1, 0.15) is 19.8 Å². The highest BCUT2D eigenvalue weighted by Gasteiger charge is 2.20. The Morgan fingerprint density at radius 2 is 2.22 bits per heavy atom. The van der Waals surface area contributed by atoms with Crippen LogP contribution >= 0.6 is 0 Å². The summed E-state index contributed by atoms with van der Waals surface area (Å²) in [6.07, 6.45) is 2.71. The van der Waals surface area contributed by atoms with E-state index in [1.54, 1.807) is 4.90 Å². The Kier molecular flexibility index (Phi) is 4.19. The maximum atomic E-state index is 4.26. The van der Waals surface area contributed by atoms with Crippen LogP contribution in [0.4, 0.5) is 0 Å². The van der Waals surface area contributed by atoms with Crippen LogP contribution in [0, 0.1) is 5.92 Å². The standard InChI is InChI=1S/C13H18N4.ClH/c1-11-5-4-8-16(9-11)10-17-13-7-3-2-6-12(13)14-15-17;/h2-3,6-7,11H,4-5,8-10H2,1H3;1H. The molecule has 1 N–H and O–H groups in total. The van der Waals surface area contributed by atoms with Crippen LogP contribution in [0.5, 0.6) is 0 Å². The first-order chi connectivity index (χ1) is 8.33. The van der Waals surface area contributed by atoms with Gasteiger partial charge in [-0.2, -0.15) is 4.68 Å². The molecule has 1 fully saturated rings. The van der Waals surface area contributed by atoms with Crippen molar-refractivity contribution >= 4 is 11.0 Å². The molecule has 18 heavy (non-hydrogen) atoms. The lowest BCUT2D eigenvalue weighted by Crippen LogP contribution is -3.12. The van der Waals surface area contributed by atoms with Gasteiger partial charge >= 0.3 is 0 Å². The van der Waals surface area contributed by atoms with Gasteiger partial charge in [0.25, 0.3) is 0 Å². The largest absolute Gasteiger partial charge is 1.00 e. The van der Waals surface area contributed by atoms with Crippen LogP contribution < -0.4 is 17.3 Å². The Labute approximate surface area is 113 Å². The predicted molar refractivity (Wildman–Crippen MR) is 66.6 cm³/mol. The van der Waals surface area contributed by atoms with Gasteiger partial charge in [-0.05, 0) is 25.0 Å². The Bertz CT molecular complexity index is 510. The van der Waals surface area contributed by atoms with E-state index in [1.165, 1.54) is 25.9 Å². The smallest absolute Gasteiger partial charge is 0.175 e. The molecule has 0 radical (unpaired) electrons. The fraction of sp³-hybridized carbons (Fsp3) is 0.538. The number of quaternary nitrogens is 1. The molecule has 2 heterocycles. The molecule has 98 valence electrons. The number of para-hydroxylation sites is 1. The number of nitrogens with one attached hydrogen (secondary N) is 1. The first-order valence-electron chi connectivity index (χ1n) is 6.45. The van der Waals surface area contributed by atoms with Crippen molar-refractivity contribution in [3.8, 4) is 0 Å². The van der Waals surface area contributed by atoms with Gasteiger partial charge in [-0.25, -0.2) is 0 Å². The van der Waals surface area contributed by atoms with E-state index < -0.39 is 0 Å². The average Bonchev–Trinajstić information content (AvgIpc) is 2.73. The van der Waals surface area contributed by atoms with Crippen LogP contribution in [0.3, 0.4) is 0 Å². The second-order valence-corrected chi connectivity index (χ2v) is 5.19. The summed E-state index contributed by atoms with van der Waals surface area (Å²) in [6.45, 7) is 5.82. The summed E-state index contributed by atoms with van der Waals surface area (Å²) in [5.41, 5.74) is 2.15. The number of hydrogen-bond donors (Lipinski definition) is 1. The highest BCUT2D eigenvalue weighted by molar-refractivity contribution is 5.73. The van der Waals surface area contributed by atoms with E-state index >= 15 is 0 Å². The van der Waals surface area contributed by atoms with Gasteiger partial charge in [0.2, 0.25) is 0 Å². The molecule has 2 atom stereocenters. The molecule has 1 saturated heterocycles. The third-order valence-electron chi connectivity index (χ3n) is 3.66. The van der Waals surface area contributed by atoms with Gasteiger partial charge in [-0.15, -0.1) is 5.10 Å². The minimum atomic E-state index is 0. The molecule has 5 heteroatoms. The van der Waals surface area contributed by atoms with Crippen LogP contribution in [-0.4, -0.2) is 28.1 Å². The van der Waals surface area contributed by atoms with Crippen molar-refractivity contribution in [2.45, 2.75) is 26.4 Å². The fourth-order valence-corrected chi connectivity index (χ4v) is 2.79. The van der Waals surface area contributed by atoms with E-state index in [-0.39, 0.29) is 12.4 Å². The number of aromatic nitrogens is 3. The zero-order valence-electron chi connectivity index (χ0n) is 10.6. The zero-order valence-corrected chi connectivity index (χ0v) is 11.4. The second kappa shape index (κ2) is 5.67. The van der Waals surface area contributed by atoms with Gasteiger partial charge in [0, 0.05) is 5.92 Å². The number of halogens is 1. The molecule has 4 nitrogen and oxygen atoms in total. The van der Waals surface area contributed by atoms with Gasteiger partial charge in [-0.3, -0.25) is 0 Å². The number of nitrogens with zero attached hydrogens (tertiary/aromatic N) is 3. The third-order valence-corrected chi connectivity index (χ3v) is 3.66. The average molecular weight is 267 g/mol. The number of fused-ring (bicyclic) bond motifs is 1. The van der Waals surface area contributed by atoms with Crippen molar-refractivity contribution in [2.24, 2.45) is 5.92 Å². The maximum absolute atomic E-state index is 4.26. The summed E-state index contributed by atoms with van der Waals surface area (Å²) in [5, 5.41) is 8.46. The summed E-state index contributed by atoms with van der Waals surface area (Å²) in [5.74, 6) is 0.841. The van der Waals surface area contributed by atoms with Gasteiger partial charge < -0.3 is 17.3 Å². The van der Waals surface area contributed by atoms with E-state index in [0.29, 0.717) is 0 Å². The Morgan fingerprint density at radius 1 is 1.39 bits per heavy atom. The molecule has 0 aliphatic carbocycles. The topological polar surface area (TPSA) is 35.2 Å². The van der Waals surface area contributed by atoms with Gasteiger partial charge in [0.1, 0.15) is 5.52 Å². The monoisotopic (exact) mass is 266 g/mol. The maximum Gasteiger partial charge on any atom is 0.175 e. The van der Waals surface area contributed by atoms with Crippen LogP contribution in [0.15, 0.2) is 24.3 Å². The zero-order chi connectivity index (χ0) is 11.7. The van der Waals surface area contributed by atoms with Crippen molar-refractivity contribution in [1.29, 1.82) is 0 Å². The molecule has 0 bridgehead atoms. The molecule has 2 aromatic rings. The van der Waals surface area contributed by atoms with Crippen molar-refractivity contribution < 1.29 is 17.3 Å². The van der Waals surface area contributed by atoms with Gasteiger partial charge in [0.05, 0.1) is 18.6 Å². The molecule has 0 amide bonds. The quantitative estimate of drug-likeness (QED) is 0.664. The van der Waals surface area contributed by atoms with Gasteiger partial charge in [0.15, 0.2) is 6.67 Å². The van der Waals surface area contributed by atoms with Crippen LogP contribution in [0.2, 0.25) is 0 Å². The van der Waals surface area contributed by atoms with Crippen LogP contribution in [-0.2, 0) is 6.67 Å². The first kappa shape index (κ1) is 13.3. The van der Waals surface area contributed by atoms with Crippen molar-refractivity contribution in [3.05, 3.63) is 24.3 Å². The Hall–Kier alpha value is -1.13. The summed E-state index contributed by atoms with van der Waals surface area (Å²) in [6, 6.07) is 8.18. The van der Waals surface area contributed by atoms with Crippen molar-refractivity contribution in [3.63, 3.8) is 0 Å². The minimum absolute atomic E-state index is 0. The lowest BCUT2D eigenvalue weighted by molar-refractivity contribution is -0.931. The summed E-state index contributed by atoms with van der Waals surface area (Å²) < 4.78 is 2.04. The normalized spacial score (nSPS) is 23.8. The molecule has 0 saturated carbocycles. The Balaban J connectivity index is 0.00000120. The van der Waals surface area contributed by atoms with Crippen molar-refractivity contribution in [2.75, 3.05) is 13.1 Å². The number of likely N-dealkylation sites (tertiary alicyclic amines) is 1. The lowest BCUT2D eigenvalue weighted by Gasteiger charge is -2.27. The fourth-order valence-electron chi connectivity index (χ4n) is 2.79. The summed E-state index contributed by atoms with van der Waals surface area (Å²) in [4.78, 5) is 1.62. The minimum Gasteiger partial charge on any atom is -1.00 e. The van der Waals surface area contributed by atoms with E-state index in [1.807, 2.05) is 16.8 Å². The molecular formula is C13H19ClN4. The molecule has 1 aromatic heterocycles. The SMILES string of the molecule is CC1CCC[NH+](Cn2nnc3ccccc32)C1.[Cl-]. The third kappa shape index (κ3) is 2.65. The molecule has 2 unspecified atom stereocenters. The van der Waals surface area contributed by atoms with Gasteiger partial charge in [-0.1, -0.05) is 24.3 Å². The summed E-state index contributed by atoms with van der Waals surface area (Å²) >= 11 is 0. The first-order valence-corrected chi connectivity index (χ1v) is 6.45. The van der Waals surface area contributed by atoms with Crippen molar-refractivity contribution in [1.82, 2.24) is 15.0 Å². The second-order valence-electron chi connectivity index (χ2n) is 5.19. The van der Waals surface area contributed by atoms with Crippen LogP contribution in [0.25, 0.3) is 11.0 Å². The molecule has 1 aromatic carbocycles. The molecule has 1 aliphatic heterocycles. The number of rotatable bonds is 2. The molecule has 3 rings (SSSR count). The van der Waals surface area contributed by atoms with E-state index in [0.717, 1.165) is 23.6 Å².